The molecule has 1 heteroatoms. The number of benzene rings is 1. The Morgan fingerprint density at radius 2 is 1.94 bits per heavy atom. The van der Waals surface area contributed by atoms with Crippen molar-refractivity contribution in [2.24, 2.45) is 0 Å². The summed E-state index contributed by atoms with van der Waals surface area (Å²) in [6.45, 7) is 10.2. The summed E-state index contributed by atoms with van der Waals surface area (Å²) in [6, 6.07) is 9.05. The predicted octanol–water partition coefficient (Wildman–Crippen LogP) is 4.06. The summed E-state index contributed by atoms with van der Waals surface area (Å²) in [6.07, 6.45) is 5.14. The fourth-order valence-corrected chi connectivity index (χ4v) is 3.12. The minimum Gasteiger partial charge on any atom is -0.311 e. The van der Waals surface area contributed by atoms with Crippen LogP contribution in [-0.4, -0.2) is 12.1 Å². The van der Waals surface area contributed by atoms with Crippen LogP contribution < -0.4 is 5.32 Å². The van der Waals surface area contributed by atoms with E-state index in [2.05, 4.69) is 57.3 Å². The highest BCUT2D eigenvalue weighted by molar-refractivity contribution is 5.37. The second kappa shape index (κ2) is 5.05. The van der Waals surface area contributed by atoms with Crippen molar-refractivity contribution in [2.75, 3.05) is 6.54 Å². The standard InChI is InChI=1S/C17H27N/c1-5-17(13-18-16(2,3)4)12-8-10-14-9-6-7-11-15(14)17/h6-7,9,11,18H,5,8,10,12-13H2,1-4H3. The lowest BCUT2D eigenvalue weighted by Crippen LogP contribution is -2.47. The van der Waals surface area contributed by atoms with Crippen LogP contribution >= 0.6 is 0 Å². The van der Waals surface area contributed by atoms with E-state index in [0.717, 1.165) is 6.54 Å². The molecule has 0 saturated heterocycles. The summed E-state index contributed by atoms with van der Waals surface area (Å²) in [5.41, 5.74) is 3.72. The van der Waals surface area contributed by atoms with Crippen molar-refractivity contribution in [2.45, 2.75) is 64.3 Å². The number of aryl methyl sites for hydroxylation is 1. The van der Waals surface area contributed by atoms with E-state index in [9.17, 15) is 0 Å². The Morgan fingerprint density at radius 1 is 1.22 bits per heavy atom. The van der Waals surface area contributed by atoms with Crippen LogP contribution in [0.5, 0.6) is 0 Å². The first-order chi connectivity index (χ1) is 8.47. The average molecular weight is 245 g/mol. The molecule has 1 aliphatic carbocycles. The molecular formula is C17H27N. The van der Waals surface area contributed by atoms with Gasteiger partial charge in [-0.3, -0.25) is 0 Å². The molecule has 1 atom stereocenters. The zero-order chi connectivity index (χ0) is 13.2. The second-order valence-corrected chi connectivity index (χ2v) is 6.75. The van der Waals surface area contributed by atoms with Crippen LogP contribution in [-0.2, 0) is 11.8 Å². The number of rotatable bonds is 3. The van der Waals surface area contributed by atoms with Crippen molar-refractivity contribution in [3.8, 4) is 0 Å². The van der Waals surface area contributed by atoms with Gasteiger partial charge in [-0.05, 0) is 57.6 Å². The van der Waals surface area contributed by atoms with Gasteiger partial charge in [-0.1, -0.05) is 31.2 Å². The Morgan fingerprint density at radius 3 is 2.61 bits per heavy atom. The number of nitrogens with one attached hydrogen (secondary N) is 1. The molecule has 1 unspecified atom stereocenters. The summed E-state index contributed by atoms with van der Waals surface area (Å²) in [4.78, 5) is 0. The van der Waals surface area contributed by atoms with E-state index < -0.39 is 0 Å². The van der Waals surface area contributed by atoms with E-state index in [1.807, 2.05) is 0 Å². The molecule has 0 saturated carbocycles. The van der Waals surface area contributed by atoms with Crippen LogP contribution in [0, 0.1) is 0 Å². The first-order valence-corrected chi connectivity index (χ1v) is 7.30. The van der Waals surface area contributed by atoms with Gasteiger partial charge in [0.25, 0.3) is 0 Å². The van der Waals surface area contributed by atoms with Gasteiger partial charge in [0.05, 0.1) is 0 Å². The van der Waals surface area contributed by atoms with Crippen molar-refractivity contribution in [1.29, 1.82) is 0 Å². The molecule has 2 rings (SSSR count). The predicted molar refractivity (Wildman–Crippen MR) is 79.1 cm³/mol. The fraction of sp³-hybridized carbons (Fsp3) is 0.647. The minimum atomic E-state index is 0.203. The van der Waals surface area contributed by atoms with E-state index in [1.165, 1.54) is 25.7 Å². The van der Waals surface area contributed by atoms with Gasteiger partial charge < -0.3 is 5.32 Å². The van der Waals surface area contributed by atoms with E-state index in [-0.39, 0.29) is 5.54 Å². The highest BCUT2D eigenvalue weighted by Crippen LogP contribution is 2.39. The lowest BCUT2D eigenvalue weighted by atomic mass is 9.68. The number of fused-ring (bicyclic) bond motifs is 1. The van der Waals surface area contributed by atoms with Crippen molar-refractivity contribution in [3.63, 3.8) is 0 Å². The van der Waals surface area contributed by atoms with Gasteiger partial charge in [0, 0.05) is 17.5 Å². The smallest absolute Gasteiger partial charge is 0.00968 e. The lowest BCUT2D eigenvalue weighted by molar-refractivity contribution is 0.287. The topological polar surface area (TPSA) is 12.0 Å². The third-order valence-corrected chi connectivity index (χ3v) is 4.32. The molecule has 1 aliphatic rings. The van der Waals surface area contributed by atoms with Crippen LogP contribution in [0.4, 0.5) is 0 Å². The van der Waals surface area contributed by atoms with Crippen molar-refractivity contribution >= 4 is 0 Å². The molecule has 1 aromatic rings. The monoisotopic (exact) mass is 245 g/mol. The van der Waals surface area contributed by atoms with Crippen LogP contribution in [0.1, 0.15) is 58.1 Å². The molecule has 0 heterocycles. The molecule has 0 spiro atoms. The summed E-state index contributed by atoms with van der Waals surface area (Å²) in [7, 11) is 0. The van der Waals surface area contributed by atoms with Gasteiger partial charge >= 0.3 is 0 Å². The molecule has 1 N–H and O–H groups in total. The van der Waals surface area contributed by atoms with Crippen LogP contribution in [0.25, 0.3) is 0 Å². The minimum absolute atomic E-state index is 0.203. The molecule has 18 heavy (non-hydrogen) atoms. The molecule has 0 aliphatic heterocycles. The average Bonchev–Trinajstić information content (AvgIpc) is 2.35. The molecule has 1 nitrogen and oxygen atoms in total. The quantitative estimate of drug-likeness (QED) is 0.847. The number of hydrogen-bond donors (Lipinski definition) is 1. The van der Waals surface area contributed by atoms with Gasteiger partial charge in [0.2, 0.25) is 0 Å². The van der Waals surface area contributed by atoms with Crippen LogP contribution in [0.15, 0.2) is 24.3 Å². The molecule has 0 aromatic heterocycles. The van der Waals surface area contributed by atoms with Gasteiger partial charge in [-0.2, -0.15) is 0 Å². The Labute approximate surface area is 112 Å². The molecule has 0 bridgehead atoms. The molecular weight excluding hydrogens is 218 g/mol. The van der Waals surface area contributed by atoms with Gasteiger partial charge in [0.1, 0.15) is 0 Å². The largest absolute Gasteiger partial charge is 0.311 e. The zero-order valence-corrected chi connectivity index (χ0v) is 12.3. The third kappa shape index (κ3) is 2.77. The molecule has 0 amide bonds. The Hall–Kier alpha value is -0.820. The summed E-state index contributed by atoms with van der Waals surface area (Å²) < 4.78 is 0. The zero-order valence-electron chi connectivity index (χ0n) is 12.3. The normalized spacial score (nSPS) is 23.8. The summed E-state index contributed by atoms with van der Waals surface area (Å²) in [5, 5.41) is 3.72. The van der Waals surface area contributed by atoms with Crippen molar-refractivity contribution < 1.29 is 0 Å². The van der Waals surface area contributed by atoms with Gasteiger partial charge in [0.15, 0.2) is 0 Å². The first kappa shape index (κ1) is 13.6. The van der Waals surface area contributed by atoms with Crippen LogP contribution in [0.2, 0.25) is 0 Å². The number of hydrogen-bond acceptors (Lipinski definition) is 1. The Bertz CT molecular complexity index is 402. The van der Waals surface area contributed by atoms with E-state index in [1.54, 1.807) is 11.1 Å². The van der Waals surface area contributed by atoms with E-state index >= 15 is 0 Å². The van der Waals surface area contributed by atoms with Gasteiger partial charge in [-0.15, -0.1) is 0 Å². The molecule has 0 fully saturated rings. The molecule has 0 radical (unpaired) electrons. The lowest BCUT2D eigenvalue weighted by Gasteiger charge is -2.41. The second-order valence-electron chi connectivity index (χ2n) is 6.75. The highest BCUT2D eigenvalue weighted by atomic mass is 15.0. The highest BCUT2D eigenvalue weighted by Gasteiger charge is 2.35. The Balaban J connectivity index is 2.28. The first-order valence-electron chi connectivity index (χ1n) is 7.30. The van der Waals surface area contributed by atoms with E-state index in [4.69, 9.17) is 0 Å². The van der Waals surface area contributed by atoms with Crippen molar-refractivity contribution in [3.05, 3.63) is 35.4 Å². The third-order valence-electron chi connectivity index (χ3n) is 4.32. The van der Waals surface area contributed by atoms with Gasteiger partial charge in [-0.25, -0.2) is 0 Å². The fourth-order valence-electron chi connectivity index (χ4n) is 3.12. The van der Waals surface area contributed by atoms with E-state index in [0.29, 0.717) is 5.41 Å². The Kier molecular flexibility index (Phi) is 3.82. The SMILES string of the molecule is CCC1(CNC(C)(C)C)CCCc2ccccc21. The van der Waals surface area contributed by atoms with Crippen molar-refractivity contribution in [1.82, 2.24) is 5.32 Å². The maximum atomic E-state index is 3.72. The summed E-state index contributed by atoms with van der Waals surface area (Å²) >= 11 is 0. The molecule has 100 valence electrons. The maximum absolute atomic E-state index is 3.72. The molecule has 1 aromatic carbocycles. The summed E-state index contributed by atoms with van der Waals surface area (Å²) in [5.74, 6) is 0. The maximum Gasteiger partial charge on any atom is 0.00968 e. The van der Waals surface area contributed by atoms with Crippen LogP contribution in [0.3, 0.4) is 0 Å².